The molecule has 0 fully saturated rings. The molecule has 0 aliphatic carbocycles. The molecule has 0 bridgehead atoms. The number of hydrogen-bond acceptors (Lipinski definition) is 6. The lowest BCUT2D eigenvalue weighted by atomic mass is 10.1. The number of ether oxygens (including phenoxy) is 1. The van der Waals surface area contributed by atoms with Gasteiger partial charge in [0.15, 0.2) is 5.82 Å². The van der Waals surface area contributed by atoms with Gasteiger partial charge >= 0.3 is 0 Å². The Kier molecular flexibility index (Phi) is 3.78. The number of fused-ring (bicyclic) bond motifs is 1. The molecule has 124 valence electrons. The second-order valence-corrected chi connectivity index (χ2v) is 5.44. The Balaban J connectivity index is 1.99. The van der Waals surface area contributed by atoms with E-state index in [9.17, 15) is 0 Å². The zero-order valence-corrected chi connectivity index (χ0v) is 13.9. The number of hydrogen-bond donors (Lipinski definition) is 1. The third-order valence-corrected chi connectivity index (χ3v) is 3.95. The summed E-state index contributed by atoms with van der Waals surface area (Å²) >= 11 is 0. The molecule has 25 heavy (non-hydrogen) atoms. The number of nitrogens with zero attached hydrogens (tertiary/aromatic N) is 3. The number of anilines is 1. The average molecular weight is 332 g/mol. The van der Waals surface area contributed by atoms with Crippen LogP contribution in [0.25, 0.3) is 33.6 Å². The monoisotopic (exact) mass is 332 g/mol. The summed E-state index contributed by atoms with van der Waals surface area (Å²) < 4.78 is 11.1. The molecule has 0 radical (unpaired) electrons. The Morgan fingerprint density at radius 1 is 1.08 bits per heavy atom. The molecular formula is C19H16N4O2. The van der Waals surface area contributed by atoms with E-state index in [1.165, 1.54) is 0 Å². The smallest absolute Gasteiger partial charge is 0.163 e. The molecule has 0 amide bonds. The standard InChI is InChI=1S/C19H16N4O2/c1-20-19-14-9-13(15-6-4-8-25-15)10-16(24-2)17(14)22-18(23-19)12-5-3-7-21-11-12/h3-11H,1-2H3,(H,20,22,23). The van der Waals surface area contributed by atoms with Gasteiger partial charge in [-0.1, -0.05) is 0 Å². The highest BCUT2D eigenvalue weighted by atomic mass is 16.5. The van der Waals surface area contributed by atoms with Crippen molar-refractivity contribution in [2.75, 3.05) is 19.5 Å². The van der Waals surface area contributed by atoms with Crippen LogP contribution in [0, 0.1) is 0 Å². The van der Waals surface area contributed by atoms with Gasteiger partial charge in [0.1, 0.15) is 22.8 Å². The zero-order valence-electron chi connectivity index (χ0n) is 13.9. The molecule has 0 aliphatic heterocycles. The highest BCUT2D eigenvalue weighted by Crippen LogP contribution is 2.35. The van der Waals surface area contributed by atoms with Crippen LogP contribution in [-0.2, 0) is 0 Å². The predicted molar refractivity (Wildman–Crippen MR) is 96.6 cm³/mol. The second kappa shape index (κ2) is 6.24. The van der Waals surface area contributed by atoms with E-state index in [-0.39, 0.29) is 0 Å². The van der Waals surface area contributed by atoms with Crippen LogP contribution in [0.5, 0.6) is 5.75 Å². The van der Waals surface area contributed by atoms with Gasteiger partial charge in [-0.2, -0.15) is 0 Å². The molecule has 3 heterocycles. The first-order valence-electron chi connectivity index (χ1n) is 7.82. The Morgan fingerprint density at radius 3 is 2.68 bits per heavy atom. The number of benzene rings is 1. The van der Waals surface area contributed by atoms with E-state index in [0.29, 0.717) is 11.6 Å². The van der Waals surface area contributed by atoms with Gasteiger partial charge in [0.05, 0.1) is 13.4 Å². The topological polar surface area (TPSA) is 73.1 Å². The number of pyridine rings is 1. The van der Waals surface area contributed by atoms with Gasteiger partial charge in [-0.3, -0.25) is 4.98 Å². The number of aromatic nitrogens is 3. The molecule has 4 aromatic rings. The van der Waals surface area contributed by atoms with Gasteiger partial charge in [-0.05, 0) is 36.4 Å². The molecule has 1 aromatic carbocycles. The number of methoxy groups -OCH3 is 1. The van der Waals surface area contributed by atoms with Crippen molar-refractivity contribution in [3.8, 4) is 28.5 Å². The first-order valence-corrected chi connectivity index (χ1v) is 7.82. The fourth-order valence-electron chi connectivity index (χ4n) is 2.76. The highest BCUT2D eigenvalue weighted by molar-refractivity contribution is 5.97. The van der Waals surface area contributed by atoms with Gasteiger partial charge in [-0.25, -0.2) is 9.97 Å². The Labute approximate surface area is 144 Å². The van der Waals surface area contributed by atoms with Gasteiger partial charge in [0.2, 0.25) is 0 Å². The van der Waals surface area contributed by atoms with Gasteiger partial charge in [0.25, 0.3) is 0 Å². The number of furan rings is 1. The summed E-state index contributed by atoms with van der Waals surface area (Å²) in [5.41, 5.74) is 2.48. The summed E-state index contributed by atoms with van der Waals surface area (Å²) in [7, 11) is 3.46. The second-order valence-electron chi connectivity index (χ2n) is 5.44. The minimum absolute atomic E-state index is 0.592. The van der Waals surface area contributed by atoms with E-state index in [2.05, 4.69) is 15.3 Å². The molecule has 3 aromatic heterocycles. The van der Waals surface area contributed by atoms with E-state index in [0.717, 1.165) is 33.6 Å². The van der Waals surface area contributed by atoms with Crippen LogP contribution in [0.2, 0.25) is 0 Å². The molecule has 0 atom stereocenters. The fraction of sp³-hybridized carbons (Fsp3) is 0.105. The summed E-state index contributed by atoms with van der Waals surface area (Å²) in [6.07, 6.45) is 5.11. The molecule has 6 nitrogen and oxygen atoms in total. The van der Waals surface area contributed by atoms with Gasteiger partial charge in [0, 0.05) is 36.0 Å². The summed E-state index contributed by atoms with van der Waals surface area (Å²) in [6.45, 7) is 0. The van der Waals surface area contributed by atoms with Crippen molar-refractivity contribution in [3.05, 3.63) is 55.1 Å². The zero-order chi connectivity index (χ0) is 17.2. The third kappa shape index (κ3) is 2.67. The summed E-state index contributed by atoms with van der Waals surface area (Å²) in [5.74, 6) is 2.73. The molecule has 0 spiro atoms. The SMILES string of the molecule is CNc1nc(-c2cccnc2)nc2c(OC)cc(-c3ccco3)cc12. The van der Waals surface area contributed by atoms with E-state index in [1.54, 1.807) is 25.8 Å². The Hall–Kier alpha value is -3.41. The maximum Gasteiger partial charge on any atom is 0.163 e. The van der Waals surface area contributed by atoms with Crippen LogP contribution in [0.15, 0.2) is 59.5 Å². The van der Waals surface area contributed by atoms with Crippen molar-refractivity contribution >= 4 is 16.7 Å². The Morgan fingerprint density at radius 2 is 2.00 bits per heavy atom. The molecule has 4 rings (SSSR count). The van der Waals surface area contributed by atoms with Crippen LogP contribution in [0.3, 0.4) is 0 Å². The molecule has 0 aliphatic rings. The molecule has 6 heteroatoms. The van der Waals surface area contributed by atoms with Crippen LogP contribution in [0.4, 0.5) is 5.82 Å². The Bertz CT molecular complexity index is 1010. The first kappa shape index (κ1) is 15.1. The van der Waals surface area contributed by atoms with Crippen LogP contribution in [-0.4, -0.2) is 29.1 Å². The molecule has 1 N–H and O–H groups in total. The normalized spacial score (nSPS) is 10.8. The van der Waals surface area contributed by atoms with Crippen molar-refractivity contribution in [1.82, 2.24) is 15.0 Å². The van der Waals surface area contributed by atoms with Crippen molar-refractivity contribution < 1.29 is 9.15 Å². The minimum atomic E-state index is 0.592. The lowest BCUT2D eigenvalue weighted by Crippen LogP contribution is -2.00. The summed E-state index contributed by atoms with van der Waals surface area (Å²) in [6, 6.07) is 11.5. The maximum atomic E-state index is 5.58. The van der Waals surface area contributed by atoms with Crippen molar-refractivity contribution in [3.63, 3.8) is 0 Å². The first-order chi connectivity index (χ1) is 12.3. The van der Waals surface area contributed by atoms with Crippen molar-refractivity contribution in [2.45, 2.75) is 0 Å². The van der Waals surface area contributed by atoms with Gasteiger partial charge in [-0.15, -0.1) is 0 Å². The molecule has 0 saturated carbocycles. The quantitative estimate of drug-likeness (QED) is 0.609. The number of nitrogens with one attached hydrogen (secondary N) is 1. The average Bonchev–Trinajstić information content (AvgIpc) is 3.21. The predicted octanol–water partition coefficient (Wildman–Crippen LogP) is 4.00. The largest absolute Gasteiger partial charge is 0.494 e. The molecule has 0 saturated heterocycles. The summed E-state index contributed by atoms with van der Waals surface area (Å²) in [4.78, 5) is 13.5. The highest BCUT2D eigenvalue weighted by Gasteiger charge is 2.15. The summed E-state index contributed by atoms with van der Waals surface area (Å²) in [5, 5.41) is 4.01. The van der Waals surface area contributed by atoms with Crippen molar-refractivity contribution in [2.24, 2.45) is 0 Å². The van der Waals surface area contributed by atoms with E-state index >= 15 is 0 Å². The minimum Gasteiger partial charge on any atom is -0.494 e. The fourth-order valence-corrected chi connectivity index (χ4v) is 2.76. The van der Waals surface area contributed by atoms with E-state index in [4.69, 9.17) is 14.1 Å². The van der Waals surface area contributed by atoms with Crippen molar-refractivity contribution in [1.29, 1.82) is 0 Å². The van der Waals surface area contributed by atoms with Crippen LogP contribution < -0.4 is 10.1 Å². The third-order valence-electron chi connectivity index (χ3n) is 3.95. The lowest BCUT2D eigenvalue weighted by molar-refractivity contribution is 0.419. The maximum absolute atomic E-state index is 5.58. The molecule has 0 unspecified atom stereocenters. The van der Waals surface area contributed by atoms with Crippen LogP contribution in [0.1, 0.15) is 0 Å². The lowest BCUT2D eigenvalue weighted by Gasteiger charge is -2.12. The number of rotatable bonds is 4. The van der Waals surface area contributed by atoms with E-state index < -0.39 is 0 Å². The van der Waals surface area contributed by atoms with Crippen LogP contribution >= 0.6 is 0 Å². The van der Waals surface area contributed by atoms with Gasteiger partial charge < -0.3 is 14.5 Å². The molecular weight excluding hydrogens is 316 g/mol. The van der Waals surface area contributed by atoms with E-state index in [1.807, 2.05) is 43.4 Å².